The summed E-state index contributed by atoms with van der Waals surface area (Å²) in [5.41, 5.74) is 3.77. The second kappa shape index (κ2) is 7.84. The van der Waals surface area contributed by atoms with Crippen molar-refractivity contribution in [2.75, 3.05) is 4.90 Å². The van der Waals surface area contributed by atoms with Crippen LogP contribution in [-0.2, 0) is 17.8 Å². The predicted molar refractivity (Wildman–Crippen MR) is 120 cm³/mol. The molecule has 0 aliphatic rings. The topological polar surface area (TPSA) is 37.6 Å². The molecule has 0 aliphatic heterocycles. The zero-order valence-corrected chi connectivity index (χ0v) is 16.5. The molecule has 0 saturated carbocycles. The molecule has 0 N–H and O–H groups in total. The summed E-state index contributed by atoms with van der Waals surface area (Å²) < 4.78 is 2.03. The normalized spacial score (nSPS) is 11.1. The quantitative estimate of drug-likeness (QED) is 0.410. The average Bonchev–Trinajstić information content (AvgIpc) is 3.21. The molecule has 0 bridgehead atoms. The molecule has 0 spiro atoms. The van der Waals surface area contributed by atoms with Crippen molar-refractivity contribution in [1.82, 2.24) is 9.38 Å². The molecule has 5 aromatic rings. The first-order valence-corrected chi connectivity index (χ1v) is 10.0. The summed E-state index contributed by atoms with van der Waals surface area (Å²) in [7, 11) is 0. The second-order valence-corrected chi connectivity index (χ2v) is 7.31. The fraction of sp³-hybridized carbons (Fsp3) is 0.0769. The smallest absolute Gasteiger partial charge is 0.231 e. The Morgan fingerprint density at radius 1 is 0.833 bits per heavy atom. The molecule has 0 aliphatic carbocycles. The first-order valence-electron chi connectivity index (χ1n) is 10.0. The number of carbonyl (C=O) groups excluding carboxylic acids is 1. The van der Waals surface area contributed by atoms with Gasteiger partial charge in [0.1, 0.15) is 5.65 Å². The van der Waals surface area contributed by atoms with E-state index in [4.69, 9.17) is 0 Å². The van der Waals surface area contributed by atoms with E-state index in [2.05, 4.69) is 23.2 Å². The Morgan fingerprint density at radius 2 is 1.60 bits per heavy atom. The zero-order valence-electron chi connectivity index (χ0n) is 16.5. The molecule has 0 unspecified atom stereocenters. The Labute approximate surface area is 175 Å². The van der Waals surface area contributed by atoms with E-state index in [9.17, 15) is 4.79 Å². The lowest BCUT2D eigenvalue weighted by Crippen LogP contribution is -2.32. The molecule has 1 amide bonds. The molecule has 5 rings (SSSR count). The monoisotopic (exact) mass is 391 g/mol. The number of amides is 1. The van der Waals surface area contributed by atoms with Crippen molar-refractivity contribution in [2.45, 2.75) is 13.0 Å². The summed E-state index contributed by atoms with van der Waals surface area (Å²) in [6, 6.07) is 30.1. The summed E-state index contributed by atoms with van der Waals surface area (Å²) >= 11 is 0. The molecule has 0 fully saturated rings. The Bertz CT molecular complexity index is 1320. The third kappa shape index (κ3) is 3.44. The van der Waals surface area contributed by atoms with Gasteiger partial charge >= 0.3 is 0 Å². The van der Waals surface area contributed by atoms with Gasteiger partial charge in [0, 0.05) is 11.9 Å². The highest BCUT2D eigenvalue weighted by Gasteiger charge is 2.19. The molecule has 3 aromatic carbocycles. The highest BCUT2D eigenvalue weighted by molar-refractivity contribution is 5.97. The Kier molecular flexibility index (Phi) is 4.74. The van der Waals surface area contributed by atoms with Crippen LogP contribution in [0.1, 0.15) is 11.3 Å². The number of imidazole rings is 1. The molecule has 0 radical (unpaired) electrons. The molecular formula is C26H21N3O. The van der Waals surface area contributed by atoms with Gasteiger partial charge < -0.3 is 9.30 Å². The van der Waals surface area contributed by atoms with Gasteiger partial charge in [0.2, 0.25) is 5.91 Å². The third-order valence-corrected chi connectivity index (χ3v) is 5.40. The van der Waals surface area contributed by atoms with Gasteiger partial charge in [-0.05, 0) is 40.6 Å². The Hall–Kier alpha value is -3.92. The number of fused-ring (bicyclic) bond motifs is 2. The van der Waals surface area contributed by atoms with E-state index in [0.29, 0.717) is 13.0 Å². The van der Waals surface area contributed by atoms with Crippen molar-refractivity contribution in [2.24, 2.45) is 0 Å². The largest absolute Gasteiger partial charge is 0.306 e. The highest BCUT2D eigenvalue weighted by Crippen LogP contribution is 2.23. The molecule has 2 heterocycles. The fourth-order valence-corrected chi connectivity index (χ4v) is 3.90. The van der Waals surface area contributed by atoms with Crippen LogP contribution in [0.4, 0.5) is 5.69 Å². The summed E-state index contributed by atoms with van der Waals surface area (Å²) in [5.74, 6) is 0.0587. The van der Waals surface area contributed by atoms with Crippen molar-refractivity contribution in [3.8, 4) is 0 Å². The first kappa shape index (κ1) is 18.1. The number of nitrogens with zero attached hydrogens (tertiary/aromatic N) is 3. The van der Waals surface area contributed by atoms with Gasteiger partial charge in [-0.25, -0.2) is 4.98 Å². The molecule has 4 nitrogen and oxygen atoms in total. The van der Waals surface area contributed by atoms with Gasteiger partial charge in [0.25, 0.3) is 0 Å². The van der Waals surface area contributed by atoms with E-state index in [-0.39, 0.29) is 5.91 Å². The van der Waals surface area contributed by atoms with E-state index in [1.807, 2.05) is 94.5 Å². The van der Waals surface area contributed by atoms with Crippen molar-refractivity contribution in [1.29, 1.82) is 0 Å². The van der Waals surface area contributed by atoms with Gasteiger partial charge in [0.15, 0.2) is 0 Å². The number of anilines is 1. The molecule has 2 aromatic heterocycles. The highest BCUT2D eigenvalue weighted by atomic mass is 16.2. The summed E-state index contributed by atoms with van der Waals surface area (Å²) in [5, 5.41) is 2.27. The number of carbonyl (C=O) groups is 1. The lowest BCUT2D eigenvalue weighted by Gasteiger charge is -2.23. The van der Waals surface area contributed by atoms with Crippen LogP contribution in [0.5, 0.6) is 0 Å². The molecule has 30 heavy (non-hydrogen) atoms. The van der Waals surface area contributed by atoms with E-state index in [0.717, 1.165) is 33.4 Å². The van der Waals surface area contributed by atoms with Crippen LogP contribution in [0.25, 0.3) is 16.4 Å². The summed E-state index contributed by atoms with van der Waals surface area (Å²) in [4.78, 5) is 19.8. The standard InChI is InChI=1S/C26H21N3O/c30-26(17-21-11-8-10-20-9-4-5-14-24(20)21)29(22-12-2-1-3-13-22)19-23-18-27-25-15-6-7-16-28(23)25/h1-16,18H,17,19H2. The van der Waals surface area contributed by atoms with Crippen LogP contribution in [-0.4, -0.2) is 15.3 Å². The number of pyridine rings is 1. The lowest BCUT2D eigenvalue weighted by molar-refractivity contribution is -0.118. The van der Waals surface area contributed by atoms with Gasteiger partial charge in [-0.2, -0.15) is 0 Å². The summed E-state index contributed by atoms with van der Waals surface area (Å²) in [6.07, 6.45) is 4.17. The minimum absolute atomic E-state index is 0.0587. The maximum absolute atomic E-state index is 13.5. The lowest BCUT2D eigenvalue weighted by atomic mass is 10.0. The minimum atomic E-state index is 0.0587. The van der Waals surface area contributed by atoms with E-state index in [1.165, 1.54) is 0 Å². The van der Waals surface area contributed by atoms with Crippen LogP contribution < -0.4 is 4.90 Å². The van der Waals surface area contributed by atoms with Crippen molar-refractivity contribution in [3.63, 3.8) is 0 Å². The van der Waals surface area contributed by atoms with Crippen LogP contribution >= 0.6 is 0 Å². The third-order valence-electron chi connectivity index (χ3n) is 5.40. The van der Waals surface area contributed by atoms with Gasteiger partial charge in [0.05, 0.1) is 24.9 Å². The molecule has 0 saturated heterocycles. The molecule has 4 heteroatoms. The Morgan fingerprint density at radius 3 is 2.50 bits per heavy atom. The predicted octanol–water partition coefficient (Wildman–Crippen LogP) is 5.26. The number of para-hydroxylation sites is 1. The fourth-order valence-electron chi connectivity index (χ4n) is 3.90. The number of hydrogen-bond acceptors (Lipinski definition) is 2. The second-order valence-electron chi connectivity index (χ2n) is 7.31. The zero-order chi connectivity index (χ0) is 20.3. The van der Waals surface area contributed by atoms with Gasteiger partial charge in [-0.1, -0.05) is 66.7 Å². The minimum Gasteiger partial charge on any atom is -0.306 e. The maximum Gasteiger partial charge on any atom is 0.231 e. The maximum atomic E-state index is 13.5. The molecular weight excluding hydrogens is 370 g/mol. The van der Waals surface area contributed by atoms with Crippen LogP contribution in [0.3, 0.4) is 0 Å². The number of aromatic nitrogens is 2. The number of rotatable bonds is 5. The van der Waals surface area contributed by atoms with Crippen molar-refractivity contribution in [3.05, 3.63) is 115 Å². The first-order chi connectivity index (χ1) is 14.8. The van der Waals surface area contributed by atoms with Crippen LogP contribution in [0.15, 0.2) is 103 Å². The van der Waals surface area contributed by atoms with Crippen molar-refractivity contribution < 1.29 is 4.79 Å². The van der Waals surface area contributed by atoms with Crippen molar-refractivity contribution >= 4 is 28.0 Å². The van der Waals surface area contributed by atoms with Gasteiger partial charge in [-0.3, -0.25) is 4.79 Å². The molecule has 0 atom stereocenters. The van der Waals surface area contributed by atoms with E-state index >= 15 is 0 Å². The van der Waals surface area contributed by atoms with E-state index in [1.54, 1.807) is 0 Å². The van der Waals surface area contributed by atoms with Crippen LogP contribution in [0, 0.1) is 0 Å². The average molecular weight is 391 g/mol. The number of hydrogen-bond donors (Lipinski definition) is 0. The SMILES string of the molecule is O=C(Cc1cccc2ccccc12)N(Cc1cnc2ccccn12)c1ccccc1. The van der Waals surface area contributed by atoms with Gasteiger partial charge in [-0.15, -0.1) is 0 Å². The molecule has 146 valence electrons. The van der Waals surface area contributed by atoms with E-state index < -0.39 is 0 Å². The number of benzene rings is 3. The van der Waals surface area contributed by atoms with Crippen LogP contribution in [0.2, 0.25) is 0 Å². The Balaban J connectivity index is 1.51. The summed E-state index contributed by atoms with van der Waals surface area (Å²) in [6.45, 7) is 0.457.